The number of aromatic nitrogens is 1. The fourth-order valence-electron chi connectivity index (χ4n) is 2.53. The zero-order valence-corrected chi connectivity index (χ0v) is 15.3. The maximum absolute atomic E-state index is 12.4. The molecule has 0 atom stereocenters. The highest BCUT2D eigenvalue weighted by Gasteiger charge is 2.20. The van der Waals surface area contributed by atoms with E-state index in [4.69, 9.17) is 0 Å². The first-order valence-electron chi connectivity index (χ1n) is 7.28. The molecule has 0 aliphatic carbocycles. The maximum Gasteiger partial charge on any atom is 0.263 e. The van der Waals surface area contributed by atoms with Crippen LogP contribution < -0.4 is 10.6 Å². The first-order chi connectivity index (χ1) is 10.2. The Hall–Kier alpha value is -1.14. The van der Waals surface area contributed by atoms with Gasteiger partial charge in [0, 0.05) is 11.6 Å². The molecule has 1 aromatic carbocycles. The average molecular weight is 374 g/mol. The second-order valence-electron chi connectivity index (χ2n) is 5.30. The Labute approximate surface area is 152 Å². The van der Waals surface area contributed by atoms with Crippen LogP contribution in [0.5, 0.6) is 0 Å². The number of amides is 1. The highest BCUT2D eigenvalue weighted by atomic mass is 35.5. The molecular weight excluding hydrogens is 353 g/mol. The largest absolute Gasteiger partial charge is 0.348 e. The number of benzene rings is 1. The van der Waals surface area contributed by atoms with Crippen LogP contribution in [0.15, 0.2) is 30.3 Å². The lowest BCUT2D eigenvalue weighted by Crippen LogP contribution is -2.42. The lowest BCUT2D eigenvalue weighted by molar-refractivity contribution is 0.0933. The average Bonchev–Trinajstić information content (AvgIpc) is 2.91. The van der Waals surface area contributed by atoms with Crippen molar-refractivity contribution in [3.63, 3.8) is 0 Å². The molecule has 2 N–H and O–H groups in total. The van der Waals surface area contributed by atoms with E-state index in [0.29, 0.717) is 0 Å². The summed E-state index contributed by atoms with van der Waals surface area (Å²) in [6.45, 7) is 3.85. The van der Waals surface area contributed by atoms with Crippen molar-refractivity contribution in [2.75, 3.05) is 13.1 Å². The topological polar surface area (TPSA) is 54.0 Å². The fourth-order valence-corrected chi connectivity index (χ4v) is 3.50. The lowest BCUT2D eigenvalue weighted by atomic mass is 10.1. The van der Waals surface area contributed by atoms with E-state index in [2.05, 4.69) is 15.6 Å². The summed E-state index contributed by atoms with van der Waals surface area (Å²) in [7, 11) is 0. The Kier molecular flexibility index (Phi) is 7.99. The van der Waals surface area contributed by atoms with E-state index in [1.807, 2.05) is 37.3 Å². The van der Waals surface area contributed by atoms with Crippen molar-refractivity contribution in [1.82, 2.24) is 15.6 Å². The second kappa shape index (κ2) is 9.23. The monoisotopic (exact) mass is 373 g/mol. The van der Waals surface area contributed by atoms with Crippen LogP contribution >= 0.6 is 36.2 Å². The normalized spacial score (nSPS) is 14.5. The van der Waals surface area contributed by atoms with Crippen LogP contribution in [0.3, 0.4) is 0 Å². The molecule has 0 spiro atoms. The van der Waals surface area contributed by atoms with E-state index < -0.39 is 0 Å². The van der Waals surface area contributed by atoms with E-state index in [1.165, 1.54) is 11.3 Å². The summed E-state index contributed by atoms with van der Waals surface area (Å²) in [4.78, 5) is 17.7. The number of halogens is 2. The highest BCUT2D eigenvalue weighted by molar-refractivity contribution is 7.17. The molecule has 0 unspecified atom stereocenters. The maximum atomic E-state index is 12.4. The zero-order valence-electron chi connectivity index (χ0n) is 12.9. The fraction of sp³-hybridized carbons (Fsp3) is 0.375. The number of carbonyl (C=O) groups is 1. The number of thiazole rings is 1. The summed E-state index contributed by atoms with van der Waals surface area (Å²) in [5.74, 6) is 0.0130. The standard InChI is InChI=1S/C16H19N3OS.2ClH/c1-11-14(15(20)19-13-7-9-17-10-8-13)21-16(18-11)12-5-3-2-4-6-12;;/h2-6,13,17H,7-10H2,1H3,(H,19,20);2*1H. The van der Waals surface area contributed by atoms with Gasteiger partial charge in [0.15, 0.2) is 0 Å². The predicted molar refractivity (Wildman–Crippen MR) is 100 cm³/mol. The van der Waals surface area contributed by atoms with Gasteiger partial charge in [-0.2, -0.15) is 0 Å². The first kappa shape index (κ1) is 19.9. The van der Waals surface area contributed by atoms with Crippen LogP contribution in [0.2, 0.25) is 0 Å². The van der Waals surface area contributed by atoms with Gasteiger partial charge in [-0.1, -0.05) is 30.3 Å². The molecule has 2 aromatic rings. The van der Waals surface area contributed by atoms with Crippen molar-refractivity contribution in [2.45, 2.75) is 25.8 Å². The van der Waals surface area contributed by atoms with Crippen LogP contribution in [0.4, 0.5) is 0 Å². The Bertz CT molecular complexity index is 628. The van der Waals surface area contributed by atoms with E-state index in [1.54, 1.807) is 0 Å². The number of nitrogens with zero attached hydrogens (tertiary/aromatic N) is 1. The number of aryl methyl sites for hydroxylation is 1. The first-order valence-corrected chi connectivity index (χ1v) is 8.10. The van der Waals surface area contributed by atoms with E-state index in [0.717, 1.165) is 47.1 Å². The quantitative estimate of drug-likeness (QED) is 0.865. The smallest absolute Gasteiger partial charge is 0.263 e. The van der Waals surface area contributed by atoms with Crippen molar-refractivity contribution in [1.29, 1.82) is 0 Å². The van der Waals surface area contributed by atoms with Crippen molar-refractivity contribution >= 4 is 42.1 Å². The number of hydrogen-bond donors (Lipinski definition) is 2. The van der Waals surface area contributed by atoms with Crippen molar-refractivity contribution < 1.29 is 4.79 Å². The SMILES string of the molecule is Cc1nc(-c2ccccc2)sc1C(=O)NC1CCNCC1.Cl.Cl. The van der Waals surface area contributed by atoms with Gasteiger partial charge in [0.2, 0.25) is 0 Å². The third kappa shape index (κ3) is 4.91. The molecule has 0 radical (unpaired) electrons. The van der Waals surface area contributed by atoms with Gasteiger partial charge in [0.25, 0.3) is 5.91 Å². The van der Waals surface area contributed by atoms with Crippen molar-refractivity contribution in [3.05, 3.63) is 40.9 Å². The molecule has 1 aliphatic heterocycles. The molecule has 1 saturated heterocycles. The zero-order chi connectivity index (χ0) is 14.7. The van der Waals surface area contributed by atoms with Crippen LogP contribution in [0.1, 0.15) is 28.2 Å². The van der Waals surface area contributed by atoms with Gasteiger partial charge in [-0.15, -0.1) is 36.2 Å². The summed E-state index contributed by atoms with van der Waals surface area (Å²) in [6, 6.07) is 10.3. The predicted octanol–water partition coefficient (Wildman–Crippen LogP) is 3.44. The molecule has 1 fully saturated rings. The molecule has 23 heavy (non-hydrogen) atoms. The van der Waals surface area contributed by atoms with Gasteiger partial charge in [-0.05, 0) is 32.9 Å². The molecule has 1 aromatic heterocycles. The number of rotatable bonds is 3. The summed E-state index contributed by atoms with van der Waals surface area (Å²) in [6.07, 6.45) is 1.99. The molecular formula is C16H21Cl2N3OS. The van der Waals surface area contributed by atoms with Gasteiger partial charge in [-0.3, -0.25) is 4.79 Å². The van der Waals surface area contributed by atoms with E-state index in [9.17, 15) is 4.79 Å². The van der Waals surface area contributed by atoms with Gasteiger partial charge in [0.1, 0.15) is 9.88 Å². The summed E-state index contributed by atoms with van der Waals surface area (Å²) in [5.41, 5.74) is 1.87. The number of hydrogen-bond acceptors (Lipinski definition) is 4. The molecule has 0 bridgehead atoms. The van der Waals surface area contributed by atoms with Gasteiger partial charge in [-0.25, -0.2) is 4.98 Å². The Morgan fingerprint density at radius 1 is 1.22 bits per heavy atom. The minimum atomic E-state index is 0. The van der Waals surface area contributed by atoms with Gasteiger partial charge < -0.3 is 10.6 Å². The molecule has 2 heterocycles. The second-order valence-corrected chi connectivity index (χ2v) is 6.30. The van der Waals surface area contributed by atoms with E-state index in [-0.39, 0.29) is 36.8 Å². The van der Waals surface area contributed by atoms with Crippen LogP contribution in [0.25, 0.3) is 10.6 Å². The third-order valence-corrected chi connectivity index (χ3v) is 4.90. The lowest BCUT2D eigenvalue weighted by Gasteiger charge is -2.23. The third-order valence-electron chi connectivity index (χ3n) is 3.70. The Morgan fingerprint density at radius 2 is 1.87 bits per heavy atom. The molecule has 4 nitrogen and oxygen atoms in total. The minimum Gasteiger partial charge on any atom is -0.348 e. The summed E-state index contributed by atoms with van der Waals surface area (Å²) in [5, 5.41) is 7.34. The van der Waals surface area contributed by atoms with Crippen LogP contribution in [0, 0.1) is 6.92 Å². The van der Waals surface area contributed by atoms with Gasteiger partial charge in [0.05, 0.1) is 5.69 Å². The molecule has 126 valence electrons. The number of carbonyl (C=O) groups excluding carboxylic acids is 1. The van der Waals surface area contributed by atoms with Crippen molar-refractivity contribution in [2.24, 2.45) is 0 Å². The van der Waals surface area contributed by atoms with Crippen LogP contribution in [-0.4, -0.2) is 30.0 Å². The Balaban J connectivity index is 0.00000132. The Morgan fingerprint density at radius 3 is 2.52 bits per heavy atom. The van der Waals surface area contributed by atoms with Crippen LogP contribution in [-0.2, 0) is 0 Å². The number of piperidine rings is 1. The summed E-state index contributed by atoms with van der Waals surface area (Å²) < 4.78 is 0. The molecule has 0 saturated carbocycles. The van der Waals surface area contributed by atoms with Gasteiger partial charge >= 0.3 is 0 Å². The van der Waals surface area contributed by atoms with E-state index >= 15 is 0 Å². The van der Waals surface area contributed by atoms with Crippen molar-refractivity contribution in [3.8, 4) is 10.6 Å². The summed E-state index contributed by atoms with van der Waals surface area (Å²) >= 11 is 1.47. The molecule has 1 amide bonds. The highest BCUT2D eigenvalue weighted by Crippen LogP contribution is 2.27. The molecule has 7 heteroatoms. The molecule has 1 aliphatic rings. The molecule has 3 rings (SSSR count). The number of nitrogens with one attached hydrogen (secondary N) is 2. The minimum absolute atomic E-state index is 0.